The van der Waals surface area contributed by atoms with Gasteiger partial charge in [0.15, 0.2) is 0 Å². The predicted octanol–water partition coefficient (Wildman–Crippen LogP) is 7.58. The van der Waals surface area contributed by atoms with Gasteiger partial charge in [0, 0.05) is 12.6 Å². The lowest BCUT2D eigenvalue weighted by Gasteiger charge is -2.34. The van der Waals surface area contributed by atoms with Gasteiger partial charge in [-0.05, 0) is 67.8 Å². The molecule has 2 amide bonds. The molecule has 3 rings (SSSR count). The first-order valence-electron chi connectivity index (χ1n) is 13.6. The van der Waals surface area contributed by atoms with E-state index in [4.69, 9.17) is 34.8 Å². The molecular weight excluding hydrogens is 662 g/mol. The second-order valence-corrected chi connectivity index (χ2v) is 13.1. The molecule has 3 aromatic carbocycles. The molecule has 0 aliphatic heterocycles. The fraction of sp³-hybridized carbons (Fsp3) is 0.333. The summed E-state index contributed by atoms with van der Waals surface area (Å²) in [6, 6.07) is 12.4. The van der Waals surface area contributed by atoms with E-state index in [9.17, 15) is 31.2 Å². The van der Waals surface area contributed by atoms with E-state index in [-0.39, 0.29) is 39.0 Å². The number of sulfonamides is 1. The third kappa shape index (κ3) is 8.59. The Morgan fingerprint density at radius 2 is 1.52 bits per heavy atom. The summed E-state index contributed by atoms with van der Waals surface area (Å²) in [5.41, 5.74) is -1.23. The van der Waals surface area contributed by atoms with Crippen molar-refractivity contribution in [2.75, 3.05) is 10.8 Å². The van der Waals surface area contributed by atoms with Crippen LogP contribution in [-0.4, -0.2) is 43.8 Å². The zero-order valence-corrected chi connectivity index (χ0v) is 27.1. The summed E-state index contributed by atoms with van der Waals surface area (Å²) < 4.78 is 69.4. The molecule has 0 saturated carbocycles. The van der Waals surface area contributed by atoms with Gasteiger partial charge in [-0.2, -0.15) is 13.2 Å². The molecule has 1 N–H and O–H groups in total. The standard InChI is InChI=1S/C30H31Cl3F3N3O4S/c1-4-19(3)37-29(41)26(5-2)38(17-20-11-13-23(31)25(33)15-20)28(40)18-39(44(42,43)22-9-7-6-8-10-22)27-16-21(30(34,35)36)12-14-24(27)32/h6-16,19,26H,4-5,17-18H2,1-3H3,(H,37,41)/t19-,26+/m1/s1. The number of nitrogens with zero attached hydrogens (tertiary/aromatic N) is 2. The number of rotatable bonds is 12. The summed E-state index contributed by atoms with van der Waals surface area (Å²) in [5, 5.41) is 2.96. The van der Waals surface area contributed by atoms with Crippen LogP contribution in [0.5, 0.6) is 0 Å². The Morgan fingerprint density at radius 3 is 2.09 bits per heavy atom. The highest BCUT2D eigenvalue weighted by Gasteiger charge is 2.37. The molecule has 44 heavy (non-hydrogen) atoms. The molecule has 0 fully saturated rings. The van der Waals surface area contributed by atoms with E-state index < -0.39 is 51.9 Å². The maximum absolute atomic E-state index is 14.1. The third-order valence-corrected chi connectivity index (χ3v) is 9.71. The quantitative estimate of drug-likeness (QED) is 0.212. The molecule has 0 bridgehead atoms. The zero-order chi connectivity index (χ0) is 32.8. The maximum atomic E-state index is 14.1. The number of halogens is 6. The highest BCUT2D eigenvalue weighted by atomic mass is 35.5. The van der Waals surface area contributed by atoms with Crippen molar-refractivity contribution in [3.05, 3.63) is 92.9 Å². The molecule has 0 aromatic heterocycles. The van der Waals surface area contributed by atoms with E-state index in [0.29, 0.717) is 28.4 Å². The fourth-order valence-electron chi connectivity index (χ4n) is 4.31. The molecule has 0 heterocycles. The molecule has 0 aliphatic rings. The number of nitrogens with one attached hydrogen (secondary N) is 1. The molecule has 7 nitrogen and oxygen atoms in total. The highest BCUT2D eigenvalue weighted by molar-refractivity contribution is 7.92. The van der Waals surface area contributed by atoms with E-state index in [1.165, 1.54) is 41.3 Å². The van der Waals surface area contributed by atoms with Crippen molar-refractivity contribution < 1.29 is 31.2 Å². The molecule has 2 atom stereocenters. The van der Waals surface area contributed by atoms with Gasteiger partial charge in [0.2, 0.25) is 11.8 Å². The van der Waals surface area contributed by atoms with Crippen molar-refractivity contribution >= 4 is 62.3 Å². The van der Waals surface area contributed by atoms with Gasteiger partial charge in [-0.25, -0.2) is 8.42 Å². The normalized spacial score (nSPS) is 13.2. The first kappa shape index (κ1) is 35.5. The SMILES string of the molecule is CC[C@@H](C)NC(=O)[C@H](CC)N(Cc1ccc(Cl)c(Cl)c1)C(=O)CN(c1cc(C(F)(F)F)ccc1Cl)S(=O)(=O)c1ccccc1. The molecular formula is C30H31Cl3F3N3O4S. The summed E-state index contributed by atoms with van der Waals surface area (Å²) in [6.45, 7) is 4.19. The van der Waals surface area contributed by atoms with Gasteiger partial charge >= 0.3 is 6.18 Å². The lowest BCUT2D eigenvalue weighted by molar-refractivity contribution is -0.140. The molecule has 0 radical (unpaired) electrons. The van der Waals surface area contributed by atoms with Gasteiger partial charge < -0.3 is 10.2 Å². The summed E-state index contributed by atoms with van der Waals surface area (Å²) >= 11 is 18.5. The highest BCUT2D eigenvalue weighted by Crippen LogP contribution is 2.37. The average molecular weight is 693 g/mol. The van der Waals surface area contributed by atoms with Crippen LogP contribution in [0, 0.1) is 0 Å². The fourth-order valence-corrected chi connectivity index (χ4v) is 6.34. The second kappa shape index (κ2) is 14.9. The molecule has 238 valence electrons. The van der Waals surface area contributed by atoms with Crippen LogP contribution >= 0.6 is 34.8 Å². The van der Waals surface area contributed by atoms with Crippen LogP contribution in [0.4, 0.5) is 18.9 Å². The van der Waals surface area contributed by atoms with Crippen molar-refractivity contribution in [1.29, 1.82) is 0 Å². The number of benzene rings is 3. The number of alkyl halides is 3. The number of amides is 2. The van der Waals surface area contributed by atoms with Gasteiger partial charge in [0.25, 0.3) is 10.0 Å². The molecule has 0 aliphatic carbocycles. The number of carbonyl (C=O) groups is 2. The van der Waals surface area contributed by atoms with Crippen LogP contribution in [-0.2, 0) is 32.3 Å². The Labute approximate surface area is 269 Å². The Kier molecular flexibility index (Phi) is 12.0. The monoisotopic (exact) mass is 691 g/mol. The van der Waals surface area contributed by atoms with Crippen LogP contribution in [0.1, 0.15) is 44.7 Å². The summed E-state index contributed by atoms with van der Waals surface area (Å²) in [7, 11) is -4.63. The molecule has 14 heteroatoms. The molecule has 0 spiro atoms. The van der Waals surface area contributed by atoms with Crippen molar-refractivity contribution in [3.63, 3.8) is 0 Å². The van der Waals surface area contributed by atoms with Gasteiger partial charge in [-0.15, -0.1) is 0 Å². The van der Waals surface area contributed by atoms with Gasteiger partial charge in [-0.1, -0.05) is 72.9 Å². The predicted molar refractivity (Wildman–Crippen MR) is 166 cm³/mol. The van der Waals surface area contributed by atoms with Crippen molar-refractivity contribution in [1.82, 2.24) is 10.2 Å². The Balaban J connectivity index is 2.17. The molecule has 0 unspecified atom stereocenters. The second-order valence-electron chi connectivity index (χ2n) is 10.0. The van der Waals surface area contributed by atoms with E-state index in [1.54, 1.807) is 26.0 Å². The number of anilines is 1. The summed E-state index contributed by atoms with van der Waals surface area (Å²) in [5.74, 6) is -1.35. The first-order chi connectivity index (χ1) is 20.6. The number of hydrogen-bond acceptors (Lipinski definition) is 4. The van der Waals surface area contributed by atoms with Crippen LogP contribution < -0.4 is 9.62 Å². The van der Waals surface area contributed by atoms with E-state index in [0.717, 1.165) is 6.07 Å². The molecule has 3 aromatic rings. The number of hydrogen-bond donors (Lipinski definition) is 1. The van der Waals surface area contributed by atoms with E-state index >= 15 is 0 Å². The third-order valence-electron chi connectivity index (χ3n) is 6.88. The van der Waals surface area contributed by atoms with Crippen LogP contribution in [0.2, 0.25) is 15.1 Å². The zero-order valence-electron chi connectivity index (χ0n) is 24.0. The minimum atomic E-state index is -4.83. The maximum Gasteiger partial charge on any atom is 0.416 e. The summed E-state index contributed by atoms with van der Waals surface area (Å²) in [4.78, 5) is 28.4. The lowest BCUT2D eigenvalue weighted by Crippen LogP contribution is -2.53. The largest absolute Gasteiger partial charge is 0.416 e. The Bertz CT molecular complexity index is 1590. The van der Waals surface area contributed by atoms with Crippen LogP contribution in [0.15, 0.2) is 71.6 Å². The minimum absolute atomic E-state index is 0.144. The topological polar surface area (TPSA) is 86.8 Å². The molecule has 0 saturated heterocycles. The number of carbonyl (C=O) groups excluding carboxylic acids is 2. The minimum Gasteiger partial charge on any atom is -0.352 e. The van der Waals surface area contributed by atoms with Crippen molar-refractivity contribution in [2.24, 2.45) is 0 Å². The van der Waals surface area contributed by atoms with Crippen LogP contribution in [0.3, 0.4) is 0 Å². The lowest BCUT2D eigenvalue weighted by atomic mass is 10.1. The van der Waals surface area contributed by atoms with Gasteiger partial charge in [0.05, 0.1) is 31.2 Å². The van der Waals surface area contributed by atoms with E-state index in [1.807, 2.05) is 6.92 Å². The average Bonchev–Trinajstić information content (AvgIpc) is 2.97. The smallest absolute Gasteiger partial charge is 0.352 e. The first-order valence-corrected chi connectivity index (χ1v) is 16.2. The Morgan fingerprint density at radius 1 is 0.886 bits per heavy atom. The van der Waals surface area contributed by atoms with E-state index in [2.05, 4.69) is 5.32 Å². The van der Waals surface area contributed by atoms with Gasteiger partial charge in [0.1, 0.15) is 12.6 Å². The van der Waals surface area contributed by atoms with Gasteiger partial charge in [-0.3, -0.25) is 13.9 Å². The van der Waals surface area contributed by atoms with Crippen LogP contribution in [0.25, 0.3) is 0 Å². The summed E-state index contributed by atoms with van der Waals surface area (Å²) in [6.07, 6.45) is -4.07. The Hall–Kier alpha value is -2.99. The van der Waals surface area contributed by atoms with Crippen molar-refractivity contribution in [3.8, 4) is 0 Å². The van der Waals surface area contributed by atoms with Crippen molar-refractivity contribution in [2.45, 2.75) is 63.3 Å².